The second-order valence-electron chi connectivity index (χ2n) is 5.19. The monoisotopic (exact) mass is 559 g/mol. The van der Waals surface area contributed by atoms with E-state index in [0.29, 0.717) is 16.7 Å². The van der Waals surface area contributed by atoms with Crippen LogP contribution in [-0.4, -0.2) is 31.4 Å². The number of halogens is 3. The van der Waals surface area contributed by atoms with Crippen molar-refractivity contribution >= 4 is 71.1 Å². The van der Waals surface area contributed by atoms with E-state index < -0.39 is 0 Å². The molecule has 1 aromatic carbocycles. The maximum absolute atomic E-state index is 12.3. The number of aromatic nitrogens is 4. The number of thioether (sulfide) groups is 1. The van der Waals surface area contributed by atoms with Crippen molar-refractivity contribution in [2.24, 2.45) is 7.05 Å². The number of carbonyl (C=O) groups is 1. The van der Waals surface area contributed by atoms with Crippen LogP contribution < -0.4 is 5.32 Å². The third kappa shape index (κ3) is 4.54. The predicted octanol–water partition coefficient (Wildman–Crippen LogP) is 4.90. The van der Waals surface area contributed by atoms with E-state index in [-0.39, 0.29) is 11.7 Å². The lowest BCUT2D eigenvalue weighted by atomic mass is 10.3. The molecule has 0 aliphatic carbocycles. The summed E-state index contributed by atoms with van der Waals surface area (Å²) in [7, 11) is 1.87. The molecule has 0 aliphatic rings. The van der Waals surface area contributed by atoms with Crippen LogP contribution in [0.3, 0.4) is 0 Å². The highest BCUT2D eigenvalue weighted by Gasteiger charge is 2.15. The summed E-state index contributed by atoms with van der Waals surface area (Å²) >= 11 is 11.6. The second-order valence-corrected chi connectivity index (χ2v) is 8.76. The molecule has 26 heavy (non-hydrogen) atoms. The molecule has 3 rings (SSSR count). The lowest BCUT2D eigenvalue weighted by molar-refractivity contribution is -0.113. The summed E-state index contributed by atoms with van der Waals surface area (Å²) < 4.78 is 4.33. The number of hydrogen-bond donors (Lipinski definition) is 1. The van der Waals surface area contributed by atoms with Crippen LogP contribution in [0.15, 0.2) is 55.2 Å². The van der Waals surface area contributed by atoms with Crippen LogP contribution in [0.25, 0.3) is 11.4 Å². The maximum atomic E-state index is 12.3. The molecule has 1 amide bonds. The number of benzene rings is 1. The molecule has 0 atom stereocenters. The van der Waals surface area contributed by atoms with E-state index in [1.54, 1.807) is 12.4 Å². The number of pyridine rings is 1. The molecule has 6 nitrogen and oxygen atoms in total. The van der Waals surface area contributed by atoms with E-state index in [9.17, 15) is 4.79 Å². The van der Waals surface area contributed by atoms with Gasteiger partial charge >= 0.3 is 0 Å². The van der Waals surface area contributed by atoms with Crippen molar-refractivity contribution in [3.63, 3.8) is 0 Å². The van der Waals surface area contributed by atoms with Gasteiger partial charge in [0.15, 0.2) is 11.0 Å². The molecule has 2 heterocycles. The van der Waals surface area contributed by atoms with Crippen LogP contribution in [0.4, 0.5) is 5.69 Å². The third-order valence-corrected chi connectivity index (χ3v) is 6.09. The van der Waals surface area contributed by atoms with E-state index >= 15 is 0 Å². The van der Waals surface area contributed by atoms with Crippen LogP contribution in [0.2, 0.25) is 0 Å². The zero-order valence-corrected chi connectivity index (χ0v) is 19.0. The molecular weight excluding hydrogens is 550 g/mol. The van der Waals surface area contributed by atoms with Crippen molar-refractivity contribution in [2.75, 3.05) is 11.1 Å². The number of hydrogen-bond acceptors (Lipinski definition) is 5. The first kappa shape index (κ1) is 19.5. The zero-order chi connectivity index (χ0) is 18.7. The van der Waals surface area contributed by atoms with Crippen molar-refractivity contribution in [2.45, 2.75) is 5.16 Å². The minimum atomic E-state index is -0.135. The zero-order valence-electron chi connectivity index (χ0n) is 13.4. The van der Waals surface area contributed by atoms with Crippen molar-refractivity contribution in [3.8, 4) is 11.4 Å². The molecular formula is C16H12Br3N5OS. The van der Waals surface area contributed by atoms with Crippen molar-refractivity contribution < 1.29 is 4.79 Å². The first-order valence-electron chi connectivity index (χ1n) is 7.32. The molecule has 0 saturated heterocycles. The fourth-order valence-corrected chi connectivity index (χ4v) is 5.32. The van der Waals surface area contributed by atoms with Gasteiger partial charge in [-0.25, -0.2) is 0 Å². The highest BCUT2D eigenvalue weighted by molar-refractivity contribution is 9.11. The Kier molecular flexibility index (Phi) is 6.49. The molecule has 0 spiro atoms. The summed E-state index contributed by atoms with van der Waals surface area (Å²) in [6, 6.07) is 7.51. The van der Waals surface area contributed by atoms with Gasteiger partial charge in [0.2, 0.25) is 5.91 Å². The Morgan fingerprint density at radius 2 is 1.96 bits per heavy atom. The van der Waals surface area contributed by atoms with Crippen molar-refractivity contribution in [1.29, 1.82) is 0 Å². The summed E-state index contributed by atoms with van der Waals surface area (Å²) in [5.74, 6) is 0.789. The highest BCUT2D eigenvalue weighted by atomic mass is 79.9. The number of amides is 1. The predicted molar refractivity (Wildman–Crippen MR) is 113 cm³/mol. The summed E-state index contributed by atoms with van der Waals surface area (Å²) in [5.41, 5.74) is 1.56. The van der Waals surface area contributed by atoms with E-state index in [1.807, 2.05) is 35.9 Å². The Hall–Kier alpha value is -1.23. The van der Waals surface area contributed by atoms with Crippen molar-refractivity contribution in [3.05, 3.63) is 50.1 Å². The van der Waals surface area contributed by atoms with Gasteiger partial charge in [-0.2, -0.15) is 0 Å². The molecule has 0 fully saturated rings. The molecule has 1 N–H and O–H groups in total. The summed E-state index contributed by atoms with van der Waals surface area (Å²) in [5, 5.41) is 11.9. The van der Waals surface area contributed by atoms with Gasteiger partial charge in [0.25, 0.3) is 0 Å². The fraction of sp³-hybridized carbons (Fsp3) is 0.125. The second kappa shape index (κ2) is 8.64. The standard InChI is InChI=1S/C16H12Br3N5OS/c1-24-15(9-3-2-4-20-7-9)22-23-16(24)26-8-13(25)21-14-11(18)5-10(17)6-12(14)19/h2-7H,8H2,1H3,(H,21,25). The van der Waals surface area contributed by atoms with Gasteiger partial charge < -0.3 is 9.88 Å². The molecule has 0 unspecified atom stereocenters. The largest absolute Gasteiger partial charge is 0.323 e. The molecule has 134 valence electrons. The smallest absolute Gasteiger partial charge is 0.234 e. The molecule has 0 radical (unpaired) electrons. The molecule has 0 bridgehead atoms. The Morgan fingerprint density at radius 1 is 1.23 bits per heavy atom. The number of nitrogens with one attached hydrogen (secondary N) is 1. The van der Waals surface area contributed by atoms with Gasteiger partial charge in [-0.3, -0.25) is 9.78 Å². The number of anilines is 1. The minimum absolute atomic E-state index is 0.135. The van der Waals surface area contributed by atoms with Crippen LogP contribution in [-0.2, 0) is 11.8 Å². The first-order chi connectivity index (χ1) is 12.5. The van der Waals surface area contributed by atoms with Gasteiger partial charge in [0, 0.05) is 38.4 Å². The molecule has 3 aromatic rings. The summed E-state index contributed by atoms with van der Waals surface area (Å²) in [4.78, 5) is 16.4. The lowest BCUT2D eigenvalue weighted by Crippen LogP contribution is -2.15. The topological polar surface area (TPSA) is 72.7 Å². The molecule has 0 saturated carbocycles. The molecule has 10 heteroatoms. The maximum Gasteiger partial charge on any atom is 0.234 e. The first-order valence-corrected chi connectivity index (χ1v) is 10.7. The van der Waals surface area contributed by atoms with E-state index in [4.69, 9.17) is 0 Å². The Morgan fingerprint density at radius 3 is 2.62 bits per heavy atom. The van der Waals surface area contributed by atoms with E-state index in [1.165, 1.54) is 11.8 Å². The Labute approximate surface area is 179 Å². The number of carbonyl (C=O) groups excluding carboxylic acids is 1. The van der Waals surface area contributed by atoms with Gasteiger partial charge in [0.1, 0.15) is 0 Å². The SMILES string of the molecule is Cn1c(SCC(=O)Nc2c(Br)cc(Br)cc2Br)nnc1-c1cccnc1. The third-order valence-electron chi connectivity index (χ3n) is 3.36. The number of rotatable bonds is 5. The van der Waals surface area contributed by atoms with Crippen LogP contribution >= 0.6 is 59.6 Å². The Bertz CT molecular complexity index is 925. The minimum Gasteiger partial charge on any atom is -0.323 e. The van der Waals surface area contributed by atoms with Gasteiger partial charge in [-0.05, 0) is 56.1 Å². The molecule has 0 aliphatic heterocycles. The highest BCUT2D eigenvalue weighted by Crippen LogP contribution is 2.34. The average Bonchev–Trinajstić information content (AvgIpc) is 2.98. The van der Waals surface area contributed by atoms with Gasteiger partial charge in [-0.15, -0.1) is 10.2 Å². The van der Waals surface area contributed by atoms with Crippen LogP contribution in [0, 0.1) is 0 Å². The molecule has 2 aromatic heterocycles. The van der Waals surface area contributed by atoms with Gasteiger partial charge in [0.05, 0.1) is 11.4 Å². The van der Waals surface area contributed by atoms with E-state index in [0.717, 1.165) is 19.0 Å². The van der Waals surface area contributed by atoms with Crippen LogP contribution in [0.1, 0.15) is 0 Å². The van der Waals surface area contributed by atoms with Gasteiger partial charge in [-0.1, -0.05) is 27.7 Å². The van der Waals surface area contributed by atoms with Crippen LogP contribution in [0.5, 0.6) is 0 Å². The quantitative estimate of drug-likeness (QED) is 0.449. The lowest BCUT2D eigenvalue weighted by Gasteiger charge is -2.10. The summed E-state index contributed by atoms with van der Waals surface area (Å²) in [6.07, 6.45) is 3.44. The Balaban J connectivity index is 1.67. The van der Waals surface area contributed by atoms with E-state index in [2.05, 4.69) is 68.3 Å². The number of nitrogens with zero attached hydrogens (tertiary/aromatic N) is 4. The summed E-state index contributed by atoms with van der Waals surface area (Å²) in [6.45, 7) is 0. The average molecular weight is 562 g/mol. The van der Waals surface area contributed by atoms with Crippen molar-refractivity contribution in [1.82, 2.24) is 19.7 Å². The fourth-order valence-electron chi connectivity index (χ4n) is 2.15. The normalized spacial score (nSPS) is 10.8.